The lowest BCUT2D eigenvalue weighted by molar-refractivity contribution is -0.136. The minimum atomic E-state index is -3.57. The molecule has 1 aliphatic carbocycles. The molecule has 1 aromatic carbocycles. The summed E-state index contributed by atoms with van der Waals surface area (Å²) in [5.41, 5.74) is 1.39. The van der Waals surface area contributed by atoms with Gasteiger partial charge in [-0.2, -0.15) is 17.4 Å². The van der Waals surface area contributed by atoms with Crippen LogP contribution in [0.1, 0.15) is 56.9 Å². The first-order valence-electron chi connectivity index (χ1n) is 10.9. The Balaban J connectivity index is 1.59. The Labute approximate surface area is 180 Å². The van der Waals surface area contributed by atoms with E-state index in [4.69, 9.17) is 4.74 Å². The molecule has 0 spiro atoms. The summed E-state index contributed by atoms with van der Waals surface area (Å²) in [6.45, 7) is 2.55. The highest BCUT2D eigenvalue weighted by molar-refractivity contribution is 7.87. The fraction of sp³-hybridized carbons (Fsp3) is 0.682. The Morgan fingerprint density at radius 1 is 1.13 bits per heavy atom. The van der Waals surface area contributed by atoms with Gasteiger partial charge in [-0.25, -0.2) is 0 Å². The van der Waals surface area contributed by atoms with Crippen LogP contribution in [0.4, 0.5) is 0 Å². The van der Waals surface area contributed by atoms with Crippen LogP contribution in [-0.2, 0) is 19.7 Å². The zero-order chi connectivity index (χ0) is 21.7. The lowest BCUT2D eigenvalue weighted by atomic mass is 9.83. The van der Waals surface area contributed by atoms with Gasteiger partial charge in [0.2, 0.25) is 5.91 Å². The van der Waals surface area contributed by atoms with Gasteiger partial charge in [-0.1, -0.05) is 30.3 Å². The summed E-state index contributed by atoms with van der Waals surface area (Å²) in [7, 11) is -0.562. The summed E-state index contributed by atoms with van der Waals surface area (Å²) in [6.07, 6.45) is 5.79. The SMILES string of the molecule is CC(=O)N1CCC[C@H](NS(=O)(=O)N(C)C)[C@@H]1CO[C@H]1CC[C@@H](c2ccccc2)CC1. The van der Waals surface area contributed by atoms with Crippen molar-refractivity contribution >= 4 is 16.1 Å². The number of amides is 1. The average molecular weight is 438 g/mol. The molecule has 0 radical (unpaired) electrons. The fourth-order valence-electron chi connectivity index (χ4n) is 4.61. The molecule has 1 heterocycles. The van der Waals surface area contributed by atoms with Crippen LogP contribution in [0, 0.1) is 0 Å². The number of hydrogen-bond donors (Lipinski definition) is 1. The van der Waals surface area contributed by atoms with Gasteiger partial charge >= 0.3 is 0 Å². The highest BCUT2D eigenvalue weighted by Crippen LogP contribution is 2.34. The van der Waals surface area contributed by atoms with Gasteiger partial charge in [-0.3, -0.25) is 4.79 Å². The Morgan fingerprint density at radius 3 is 2.40 bits per heavy atom. The van der Waals surface area contributed by atoms with Crippen LogP contribution < -0.4 is 4.72 Å². The molecular formula is C22H35N3O4S. The van der Waals surface area contributed by atoms with E-state index < -0.39 is 10.2 Å². The molecule has 1 saturated heterocycles. The first kappa shape index (κ1) is 23.2. The molecule has 1 saturated carbocycles. The van der Waals surface area contributed by atoms with Gasteiger partial charge in [0.15, 0.2) is 0 Å². The largest absolute Gasteiger partial charge is 0.376 e. The van der Waals surface area contributed by atoms with E-state index in [9.17, 15) is 13.2 Å². The molecule has 2 atom stereocenters. The minimum absolute atomic E-state index is 0.0369. The van der Waals surface area contributed by atoms with Crippen LogP contribution in [0.25, 0.3) is 0 Å². The van der Waals surface area contributed by atoms with Crippen LogP contribution in [0.15, 0.2) is 30.3 Å². The van der Waals surface area contributed by atoms with Crippen LogP contribution >= 0.6 is 0 Å². The average Bonchev–Trinajstić information content (AvgIpc) is 2.73. The quantitative estimate of drug-likeness (QED) is 0.711. The van der Waals surface area contributed by atoms with Gasteiger partial charge in [0.25, 0.3) is 10.2 Å². The van der Waals surface area contributed by atoms with E-state index in [1.807, 2.05) is 6.07 Å². The van der Waals surface area contributed by atoms with Crippen LogP contribution in [0.3, 0.4) is 0 Å². The number of ether oxygens (including phenoxy) is 1. The second-order valence-corrected chi connectivity index (χ2v) is 10.6. The topological polar surface area (TPSA) is 79.0 Å². The van der Waals surface area contributed by atoms with Crippen molar-refractivity contribution in [1.29, 1.82) is 0 Å². The lowest BCUT2D eigenvalue weighted by Gasteiger charge is -2.42. The van der Waals surface area contributed by atoms with Gasteiger partial charge in [-0.05, 0) is 50.0 Å². The number of rotatable bonds is 7. The molecule has 2 fully saturated rings. The van der Waals surface area contributed by atoms with E-state index >= 15 is 0 Å². The van der Waals surface area contributed by atoms with Crippen molar-refractivity contribution in [2.45, 2.75) is 69.6 Å². The summed E-state index contributed by atoms with van der Waals surface area (Å²) in [5, 5.41) is 0. The Bertz CT molecular complexity index is 792. The highest BCUT2D eigenvalue weighted by atomic mass is 32.2. The van der Waals surface area contributed by atoms with Gasteiger partial charge < -0.3 is 9.64 Å². The molecule has 1 aliphatic heterocycles. The first-order chi connectivity index (χ1) is 14.3. The third kappa shape index (κ3) is 5.81. The normalized spacial score (nSPS) is 27.9. The number of carbonyl (C=O) groups is 1. The molecule has 1 aromatic rings. The zero-order valence-electron chi connectivity index (χ0n) is 18.3. The zero-order valence-corrected chi connectivity index (χ0v) is 19.1. The van der Waals surface area contributed by atoms with Crippen molar-refractivity contribution in [3.63, 3.8) is 0 Å². The molecule has 8 heteroatoms. The summed E-state index contributed by atoms with van der Waals surface area (Å²) >= 11 is 0. The van der Waals surface area contributed by atoms with Crippen molar-refractivity contribution in [3.8, 4) is 0 Å². The van der Waals surface area contributed by atoms with E-state index in [0.29, 0.717) is 25.5 Å². The van der Waals surface area contributed by atoms with Crippen LogP contribution in [-0.4, -0.2) is 69.0 Å². The van der Waals surface area contributed by atoms with Gasteiger partial charge in [0.1, 0.15) is 0 Å². The van der Waals surface area contributed by atoms with Gasteiger partial charge in [0, 0.05) is 33.6 Å². The van der Waals surface area contributed by atoms with Crippen molar-refractivity contribution in [2.75, 3.05) is 27.2 Å². The van der Waals surface area contributed by atoms with E-state index in [-0.39, 0.29) is 24.1 Å². The maximum atomic E-state index is 12.4. The third-order valence-electron chi connectivity index (χ3n) is 6.41. The Morgan fingerprint density at radius 2 is 1.80 bits per heavy atom. The minimum Gasteiger partial charge on any atom is -0.376 e. The Kier molecular flexibility index (Phi) is 7.90. The third-order valence-corrected chi connectivity index (χ3v) is 7.97. The van der Waals surface area contributed by atoms with Crippen molar-refractivity contribution in [1.82, 2.24) is 13.9 Å². The summed E-state index contributed by atoms with van der Waals surface area (Å²) < 4.78 is 34.9. The second-order valence-electron chi connectivity index (χ2n) is 8.65. The maximum absolute atomic E-state index is 12.4. The molecule has 30 heavy (non-hydrogen) atoms. The molecule has 7 nitrogen and oxygen atoms in total. The lowest BCUT2D eigenvalue weighted by Crippen LogP contribution is -2.59. The number of nitrogens with one attached hydrogen (secondary N) is 1. The van der Waals surface area contributed by atoms with Gasteiger partial charge in [-0.15, -0.1) is 0 Å². The molecule has 168 valence electrons. The molecule has 0 aromatic heterocycles. The van der Waals surface area contributed by atoms with E-state index in [1.165, 1.54) is 24.0 Å². The Hall–Kier alpha value is -1.48. The number of likely N-dealkylation sites (tertiary alicyclic amines) is 1. The molecule has 2 aliphatic rings. The van der Waals surface area contributed by atoms with Crippen molar-refractivity contribution in [3.05, 3.63) is 35.9 Å². The van der Waals surface area contributed by atoms with Crippen molar-refractivity contribution < 1.29 is 17.9 Å². The second kappa shape index (κ2) is 10.2. The van der Waals surface area contributed by atoms with Gasteiger partial charge in [0.05, 0.1) is 18.8 Å². The van der Waals surface area contributed by atoms with Crippen LogP contribution in [0.2, 0.25) is 0 Å². The molecule has 1 N–H and O–H groups in total. The summed E-state index contributed by atoms with van der Waals surface area (Å²) in [6, 6.07) is 10.00. The molecule has 0 bridgehead atoms. The first-order valence-corrected chi connectivity index (χ1v) is 12.4. The smallest absolute Gasteiger partial charge is 0.279 e. The molecular weight excluding hydrogens is 402 g/mol. The van der Waals surface area contributed by atoms with E-state index in [2.05, 4.69) is 29.0 Å². The molecule has 1 amide bonds. The molecule has 3 rings (SSSR count). The highest BCUT2D eigenvalue weighted by Gasteiger charge is 2.36. The number of hydrogen-bond acceptors (Lipinski definition) is 4. The summed E-state index contributed by atoms with van der Waals surface area (Å²) in [5.74, 6) is 0.541. The van der Waals surface area contributed by atoms with Crippen molar-refractivity contribution in [2.24, 2.45) is 0 Å². The predicted octanol–water partition coefficient (Wildman–Crippen LogP) is 2.50. The predicted molar refractivity (Wildman–Crippen MR) is 117 cm³/mol. The number of piperidine rings is 1. The van der Waals surface area contributed by atoms with E-state index in [0.717, 1.165) is 32.1 Å². The molecule has 0 unspecified atom stereocenters. The number of carbonyl (C=O) groups excluding carboxylic acids is 1. The summed E-state index contributed by atoms with van der Waals surface area (Å²) in [4.78, 5) is 14.0. The maximum Gasteiger partial charge on any atom is 0.279 e. The monoisotopic (exact) mass is 437 g/mol. The van der Waals surface area contributed by atoms with Crippen LogP contribution in [0.5, 0.6) is 0 Å². The standard InChI is InChI=1S/C22H35N3O4S/c1-17(26)25-15-7-10-21(23-30(27,28)24(2)3)22(25)16-29-20-13-11-19(12-14-20)18-8-5-4-6-9-18/h4-6,8-9,19-23H,7,10-16H2,1-3H3/t19-,20+,21-,22-/m0/s1. The number of benzene rings is 1. The fourth-order valence-corrected chi connectivity index (χ4v) is 5.48. The number of nitrogens with zero attached hydrogens (tertiary/aromatic N) is 2. The van der Waals surface area contributed by atoms with E-state index in [1.54, 1.807) is 11.8 Å².